The molecule has 2 heterocycles. The highest BCUT2D eigenvalue weighted by atomic mass is 32.1. The lowest BCUT2D eigenvalue weighted by atomic mass is 10.3. The van der Waals surface area contributed by atoms with E-state index in [0.29, 0.717) is 0 Å². The van der Waals surface area contributed by atoms with Gasteiger partial charge < -0.3 is 0 Å². The first-order chi connectivity index (χ1) is 6.90. The summed E-state index contributed by atoms with van der Waals surface area (Å²) >= 11 is 1.50. The van der Waals surface area contributed by atoms with Crippen LogP contribution in [0.5, 0.6) is 0 Å². The van der Waals surface area contributed by atoms with E-state index in [0.717, 1.165) is 36.9 Å². The van der Waals surface area contributed by atoms with Gasteiger partial charge in [-0.25, -0.2) is 10.4 Å². The van der Waals surface area contributed by atoms with Gasteiger partial charge >= 0.3 is 0 Å². The normalized spacial score (nSPS) is 17.4. The molecule has 0 atom stereocenters. The third kappa shape index (κ3) is 2.22. The van der Waals surface area contributed by atoms with Crippen LogP contribution in [0.1, 0.15) is 32.0 Å². The standard InChI is InChI=1S/C9H16N4S/c1-2-5-8-11-9(14-12-8)13-7-4-3-6-10-13/h10H,2-7H2,1H3. The molecule has 0 spiro atoms. The number of nitrogens with zero attached hydrogens (tertiary/aromatic N) is 3. The lowest BCUT2D eigenvalue weighted by Crippen LogP contribution is -2.43. The average molecular weight is 212 g/mol. The van der Waals surface area contributed by atoms with Crippen molar-refractivity contribution in [1.29, 1.82) is 0 Å². The Balaban J connectivity index is 2.00. The van der Waals surface area contributed by atoms with Gasteiger partial charge in [0.05, 0.1) is 0 Å². The zero-order chi connectivity index (χ0) is 9.80. The maximum Gasteiger partial charge on any atom is 0.219 e. The van der Waals surface area contributed by atoms with Crippen molar-refractivity contribution < 1.29 is 0 Å². The van der Waals surface area contributed by atoms with Crippen LogP contribution in [0.4, 0.5) is 5.13 Å². The van der Waals surface area contributed by atoms with Crippen LogP contribution in [-0.4, -0.2) is 22.4 Å². The van der Waals surface area contributed by atoms with E-state index in [2.05, 4.69) is 26.7 Å². The van der Waals surface area contributed by atoms with Gasteiger partial charge in [0, 0.05) is 31.0 Å². The molecule has 0 amide bonds. The van der Waals surface area contributed by atoms with E-state index < -0.39 is 0 Å². The topological polar surface area (TPSA) is 41.1 Å². The van der Waals surface area contributed by atoms with Crippen LogP contribution in [0.3, 0.4) is 0 Å². The van der Waals surface area contributed by atoms with Gasteiger partial charge in [0.2, 0.25) is 5.13 Å². The van der Waals surface area contributed by atoms with Crippen LogP contribution in [0.25, 0.3) is 0 Å². The minimum absolute atomic E-state index is 0.986. The Bertz CT molecular complexity index is 280. The summed E-state index contributed by atoms with van der Waals surface area (Å²) in [5.74, 6) is 0.986. The molecule has 1 aromatic heterocycles. The van der Waals surface area contributed by atoms with E-state index in [9.17, 15) is 0 Å². The van der Waals surface area contributed by atoms with Gasteiger partial charge in [0.1, 0.15) is 5.82 Å². The quantitative estimate of drug-likeness (QED) is 0.826. The van der Waals surface area contributed by atoms with Crippen molar-refractivity contribution in [3.63, 3.8) is 0 Å². The highest BCUT2D eigenvalue weighted by Gasteiger charge is 2.14. The predicted octanol–water partition coefficient (Wildman–Crippen LogP) is 1.60. The smallest absolute Gasteiger partial charge is 0.219 e. The zero-order valence-corrected chi connectivity index (χ0v) is 9.31. The lowest BCUT2D eigenvalue weighted by molar-refractivity contribution is 0.510. The minimum Gasteiger partial charge on any atom is -0.282 e. The van der Waals surface area contributed by atoms with Crippen molar-refractivity contribution in [3.05, 3.63) is 5.82 Å². The summed E-state index contributed by atoms with van der Waals surface area (Å²) in [5, 5.41) is 3.15. The van der Waals surface area contributed by atoms with Crippen molar-refractivity contribution in [1.82, 2.24) is 14.8 Å². The Labute approximate surface area is 88.5 Å². The third-order valence-electron chi connectivity index (χ3n) is 2.27. The highest BCUT2D eigenvalue weighted by molar-refractivity contribution is 7.09. The largest absolute Gasteiger partial charge is 0.282 e. The first kappa shape index (κ1) is 9.86. The van der Waals surface area contributed by atoms with Gasteiger partial charge in [0.25, 0.3) is 0 Å². The summed E-state index contributed by atoms with van der Waals surface area (Å²) in [4.78, 5) is 4.49. The molecule has 1 aromatic rings. The van der Waals surface area contributed by atoms with Crippen LogP contribution in [0, 0.1) is 0 Å². The summed E-state index contributed by atoms with van der Waals surface area (Å²) in [5.41, 5.74) is 3.33. The zero-order valence-electron chi connectivity index (χ0n) is 8.49. The fourth-order valence-electron chi connectivity index (χ4n) is 1.53. The molecule has 0 saturated carbocycles. The fourth-order valence-corrected chi connectivity index (χ4v) is 2.25. The number of hydrazine groups is 1. The lowest BCUT2D eigenvalue weighted by Gasteiger charge is -2.26. The SMILES string of the molecule is CCCc1nsc(N2CCCCN2)n1. The molecule has 2 rings (SSSR count). The number of aromatic nitrogens is 2. The van der Waals surface area contributed by atoms with Crippen molar-refractivity contribution in [3.8, 4) is 0 Å². The van der Waals surface area contributed by atoms with Crippen LogP contribution in [0.15, 0.2) is 0 Å². The molecule has 0 aliphatic carbocycles. The molecular formula is C9H16N4S. The summed E-state index contributed by atoms with van der Waals surface area (Å²) in [6, 6.07) is 0. The number of nitrogens with one attached hydrogen (secondary N) is 1. The van der Waals surface area contributed by atoms with Crippen molar-refractivity contribution in [2.24, 2.45) is 0 Å². The molecule has 1 fully saturated rings. The molecule has 1 aliphatic heterocycles. The van der Waals surface area contributed by atoms with Crippen molar-refractivity contribution in [2.75, 3.05) is 18.1 Å². The van der Waals surface area contributed by atoms with E-state index in [-0.39, 0.29) is 0 Å². The molecule has 4 nitrogen and oxygen atoms in total. The van der Waals surface area contributed by atoms with Gasteiger partial charge in [-0.3, -0.25) is 5.01 Å². The summed E-state index contributed by atoms with van der Waals surface area (Å²) < 4.78 is 4.33. The van der Waals surface area contributed by atoms with E-state index in [1.807, 2.05) is 0 Å². The molecule has 14 heavy (non-hydrogen) atoms. The van der Waals surface area contributed by atoms with E-state index in [4.69, 9.17) is 0 Å². The van der Waals surface area contributed by atoms with Gasteiger partial charge in [-0.15, -0.1) is 0 Å². The van der Waals surface area contributed by atoms with Crippen LogP contribution >= 0.6 is 11.5 Å². The Morgan fingerprint density at radius 1 is 1.50 bits per heavy atom. The summed E-state index contributed by atoms with van der Waals surface area (Å²) in [6.45, 7) is 4.27. The minimum atomic E-state index is 0.986. The number of hydrogen-bond donors (Lipinski definition) is 1. The molecule has 0 radical (unpaired) electrons. The maximum atomic E-state index is 4.49. The third-order valence-corrected chi connectivity index (χ3v) is 3.05. The Morgan fingerprint density at radius 3 is 3.14 bits per heavy atom. The van der Waals surface area contributed by atoms with Crippen LogP contribution in [-0.2, 0) is 6.42 Å². The molecule has 78 valence electrons. The average Bonchev–Trinajstić information content (AvgIpc) is 2.68. The Hall–Kier alpha value is -0.680. The fraction of sp³-hybridized carbons (Fsp3) is 0.778. The van der Waals surface area contributed by atoms with Gasteiger partial charge in [-0.1, -0.05) is 6.92 Å². The monoisotopic (exact) mass is 212 g/mol. The van der Waals surface area contributed by atoms with E-state index in [1.165, 1.54) is 24.4 Å². The molecular weight excluding hydrogens is 196 g/mol. The van der Waals surface area contributed by atoms with Gasteiger partial charge in [-0.05, 0) is 19.3 Å². The first-order valence-corrected chi connectivity index (χ1v) is 6.01. The van der Waals surface area contributed by atoms with Crippen LogP contribution in [0.2, 0.25) is 0 Å². The Morgan fingerprint density at radius 2 is 2.43 bits per heavy atom. The molecule has 0 bridgehead atoms. The molecule has 5 heteroatoms. The molecule has 1 aliphatic rings. The summed E-state index contributed by atoms with van der Waals surface area (Å²) in [6.07, 6.45) is 4.61. The summed E-state index contributed by atoms with van der Waals surface area (Å²) in [7, 11) is 0. The Kier molecular flexibility index (Phi) is 3.31. The molecule has 0 aromatic carbocycles. The second kappa shape index (κ2) is 4.70. The number of hydrogen-bond acceptors (Lipinski definition) is 5. The van der Waals surface area contributed by atoms with Crippen molar-refractivity contribution >= 4 is 16.7 Å². The number of anilines is 1. The van der Waals surface area contributed by atoms with E-state index in [1.54, 1.807) is 0 Å². The highest BCUT2D eigenvalue weighted by Crippen LogP contribution is 2.18. The van der Waals surface area contributed by atoms with E-state index >= 15 is 0 Å². The number of aryl methyl sites for hydroxylation is 1. The maximum absolute atomic E-state index is 4.49. The second-order valence-electron chi connectivity index (χ2n) is 3.51. The van der Waals surface area contributed by atoms with Crippen molar-refractivity contribution in [2.45, 2.75) is 32.6 Å². The van der Waals surface area contributed by atoms with Crippen LogP contribution < -0.4 is 10.4 Å². The van der Waals surface area contributed by atoms with Gasteiger partial charge in [-0.2, -0.15) is 4.37 Å². The number of rotatable bonds is 3. The predicted molar refractivity (Wildman–Crippen MR) is 58.5 cm³/mol. The first-order valence-electron chi connectivity index (χ1n) is 5.24. The second-order valence-corrected chi connectivity index (χ2v) is 4.24. The van der Waals surface area contributed by atoms with Gasteiger partial charge in [0.15, 0.2) is 0 Å². The molecule has 1 N–H and O–H groups in total. The molecule has 1 saturated heterocycles. The molecule has 0 unspecified atom stereocenters.